The van der Waals surface area contributed by atoms with Crippen molar-refractivity contribution in [3.63, 3.8) is 0 Å². The van der Waals surface area contributed by atoms with E-state index in [1.807, 2.05) is 18.2 Å². The Morgan fingerprint density at radius 3 is 2.67 bits per heavy atom. The molecule has 5 heteroatoms. The molecule has 2 aromatic carbocycles. The molecular weight excluding hydrogens is 340 g/mol. The lowest BCUT2D eigenvalue weighted by Gasteiger charge is -2.26. The largest absolute Gasteiger partial charge is 0.451 e. The van der Waals surface area contributed by atoms with Crippen molar-refractivity contribution in [3.8, 4) is 0 Å². The number of hydrogen-bond donors (Lipinski definition) is 1. The third kappa shape index (κ3) is 4.09. The SMILES string of the molecule is O=C(Nc1cccc(CN2CCCCC2)c1)c1cc(=O)c2ccccc2o1. The molecule has 1 amide bonds. The Morgan fingerprint density at radius 2 is 1.81 bits per heavy atom. The fourth-order valence-corrected chi connectivity index (χ4v) is 3.53. The van der Waals surface area contributed by atoms with Gasteiger partial charge >= 0.3 is 0 Å². The Kier molecular flexibility index (Phi) is 5.03. The van der Waals surface area contributed by atoms with E-state index in [2.05, 4.69) is 16.3 Å². The van der Waals surface area contributed by atoms with Gasteiger partial charge in [-0.2, -0.15) is 0 Å². The summed E-state index contributed by atoms with van der Waals surface area (Å²) in [7, 11) is 0. The van der Waals surface area contributed by atoms with Crippen LogP contribution in [0.5, 0.6) is 0 Å². The molecular formula is C22H22N2O3. The first-order valence-corrected chi connectivity index (χ1v) is 9.34. The minimum Gasteiger partial charge on any atom is -0.451 e. The summed E-state index contributed by atoms with van der Waals surface area (Å²) in [5, 5.41) is 3.31. The molecule has 0 radical (unpaired) electrons. The summed E-state index contributed by atoms with van der Waals surface area (Å²) in [5.41, 5.74) is 2.05. The highest BCUT2D eigenvalue weighted by Crippen LogP contribution is 2.18. The second-order valence-electron chi connectivity index (χ2n) is 6.96. The van der Waals surface area contributed by atoms with Gasteiger partial charge in [0.1, 0.15) is 5.58 Å². The molecule has 1 fully saturated rings. The molecule has 2 heterocycles. The molecule has 0 bridgehead atoms. The van der Waals surface area contributed by atoms with Crippen molar-refractivity contribution in [3.05, 3.63) is 76.1 Å². The van der Waals surface area contributed by atoms with Gasteiger partial charge in [0.2, 0.25) is 0 Å². The predicted molar refractivity (Wildman–Crippen MR) is 106 cm³/mol. The fourth-order valence-electron chi connectivity index (χ4n) is 3.53. The van der Waals surface area contributed by atoms with Crippen LogP contribution in [0.15, 0.2) is 63.8 Å². The van der Waals surface area contributed by atoms with Crippen LogP contribution in [0.25, 0.3) is 11.0 Å². The van der Waals surface area contributed by atoms with E-state index in [-0.39, 0.29) is 11.2 Å². The Labute approximate surface area is 157 Å². The minimum absolute atomic E-state index is 0.0140. The van der Waals surface area contributed by atoms with E-state index in [0.717, 1.165) is 25.2 Å². The highest BCUT2D eigenvalue weighted by Gasteiger charge is 2.14. The van der Waals surface area contributed by atoms with E-state index in [0.29, 0.717) is 16.7 Å². The lowest BCUT2D eigenvalue weighted by atomic mass is 10.1. The molecule has 0 atom stereocenters. The van der Waals surface area contributed by atoms with Gasteiger partial charge in [0.25, 0.3) is 5.91 Å². The first kappa shape index (κ1) is 17.5. The molecule has 1 saturated heterocycles. The molecule has 0 saturated carbocycles. The number of nitrogens with one attached hydrogen (secondary N) is 1. The maximum atomic E-state index is 12.6. The van der Waals surface area contributed by atoms with Crippen LogP contribution in [0.4, 0.5) is 5.69 Å². The van der Waals surface area contributed by atoms with Crippen LogP contribution >= 0.6 is 0 Å². The zero-order valence-electron chi connectivity index (χ0n) is 15.1. The van der Waals surface area contributed by atoms with Crippen LogP contribution in [0.2, 0.25) is 0 Å². The molecule has 1 N–H and O–H groups in total. The van der Waals surface area contributed by atoms with Gasteiger partial charge in [0.15, 0.2) is 11.2 Å². The number of carbonyl (C=O) groups is 1. The zero-order valence-corrected chi connectivity index (χ0v) is 15.1. The Balaban J connectivity index is 1.51. The molecule has 0 aliphatic carbocycles. The molecule has 138 valence electrons. The van der Waals surface area contributed by atoms with Gasteiger partial charge in [-0.25, -0.2) is 0 Å². The first-order chi connectivity index (χ1) is 13.2. The molecule has 1 aliphatic heterocycles. The highest BCUT2D eigenvalue weighted by atomic mass is 16.3. The zero-order chi connectivity index (χ0) is 18.6. The van der Waals surface area contributed by atoms with Crippen molar-refractivity contribution in [1.29, 1.82) is 0 Å². The summed E-state index contributed by atoms with van der Waals surface area (Å²) in [5.74, 6) is -0.409. The quantitative estimate of drug-likeness (QED) is 0.761. The number of para-hydroxylation sites is 1. The molecule has 0 spiro atoms. The van der Waals surface area contributed by atoms with Gasteiger partial charge in [-0.05, 0) is 55.8 Å². The highest BCUT2D eigenvalue weighted by molar-refractivity contribution is 6.03. The number of likely N-dealkylation sites (tertiary alicyclic amines) is 1. The van der Waals surface area contributed by atoms with Gasteiger partial charge in [0, 0.05) is 18.3 Å². The van der Waals surface area contributed by atoms with Crippen LogP contribution < -0.4 is 10.7 Å². The molecule has 5 nitrogen and oxygen atoms in total. The second-order valence-corrected chi connectivity index (χ2v) is 6.96. The maximum Gasteiger partial charge on any atom is 0.291 e. The van der Waals surface area contributed by atoms with Crippen molar-refractivity contribution in [1.82, 2.24) is 4.90 Å². The minimum atomic E-state index is -0.423. The van der Waals surface area contributed by atoms with Gasteiger partial charge in [0.05, 0.1) is 5.39 Å². The third-order valence-electron chi connectivity index (χ3n) is 4.90. The average molecular weight is 362 g/mol. The summed E-state index contributed by atoms with van der Waals surface area (Å²) < 4.78 is 5.61. The third-order valence-corrected chi connectivity index (χ3v) is 4.90. The van der Waals surface area contributed by atoms with Gasteiger partial charge in [-0.15, -0.1) is 0 Å². The van der Waals surface area contributed by atoms with Crippen LogP contribution in [0, 0.1) is 0 Å². The predicted octanol–water partition coefficient (Wildman–Crippen LogP) is 4.03. The Bertz CT molecular complexity index is 1020. The number of piperidine rings is 1. The normalized spacial score (nSPS) is 15.0. The Hall–Kier alpha value is -2.92. The van der Waals surface area contributed by atoms with Crippen LogP contribution in [0.1, 0.15) is 35.4 Å². The summed E-state index contributed by atoms with van der Waals surface area (Å²) in [6, 6.07) is 16.0. The molecule has 0 unspecified atom stereocenters. The summed E-state index contributed by atoms with van der Waals surface area (Å²) in [4.78, 5) is 27.2. The number of rotatable bonds is 4. The molecule has 1 aromatic heterocycles. The lowest BCUT2D eigenvalue weighted by molar-refractivity contribution is 0.0997. The summed E-state index contributed by atoms with van der Waals surface area (Å²) >= 11 is 0. The van der Waals surface area contributed by atoms with E-state index in [4.69, 9.17) is 4.42 Å². The van der Waals surface area contributed by atoms with E-state index in [9.17, 15) is 9.59 Å². The molecule has 27 heavy (non-hydrogen) atoms. The first-order valence-electron chi connectivity index (χ1n) is 9.34. The summed E-state index contributed by atoms with van der Waals surface area (Å²) in [6.45, 7) is 3.13. The van der Waals surface area contributed by atoms with Gasteiger partial charge < -0.3 is 9.73 Å². The second kappa shape index (κ2) is 7.76. The number of carbonyl (C=O) groups excluding carboxylic acids is 1. The number of hydrogen-bond acceptors (Lipinski definition) is 4. The number of fused-ring (bicyclic) bond motifs is 1. The van der Waals surface area contributed by atoms with E-state index < -0.39 is 5.91 Å². The maximum absolute atomic E-state index is 12.6. The molecule has 3 aromatic rings. The van der Waals surface area contributed by atoms with Crippen molar-refractivity contribution in [2.45, 2.75) is 25.8 Å². The average Bonchev–Trinajstić information content (AvgIpc) is 2.69. The lowest BCUT2D eigenvalue weighted by Crippen LogP contribution is -2.29. The number of nitrogens with zero attached hydrogens (tertiary/aromatic N) is 1. The fraction of sp³-hybridized carbons (Fsp3) is 0.273. The van der Waals surface area contributed by atoms with Crippen LogP contribution in [-0.4, -0.2) is 23.9 Å². The van der Waals surface area contributed by atoms with E-state index in [1.54, 1.807) is 24.3 Å². The van der Waals surface area contributed by atoms with Crippen molar-refractivity contribution >= 4 is 22.6 Å². The number of benzene rings is 2. The summed E-state index contributed by atoms with van der Waals surface area (Å²) in [6.07, 6.45) is 3.80. The van der Waals surface area contributed by atoms with E-state index >= 15 is 0 Å². The molecule has 1 aliphatic rings. The van der Waals surface area contributed by atoms with Crippen LogP contribution in [0.3, 0.4) is 0 Å². The van der Waals surface area contributed by atoms with Gasteiger partial charge in [-0.3, -0.25) is 14.5 Å². The topological polar surface area (TPSA) is 62.6 Å². The number of anilines is 1. The van der Waals surface area contributed by atoms with Gasteiger partial charge in [-0.1, -0.05) is 30.7 Å². The van der Waals surface area contributed by atoms with Crippen molar-refractivity contribution < 1.29 is 9.21 Å². The van der Waals surface area contributed by atoms with E-state index in [1.165, 1.54) is 25.3 Å². The number of amides is 1. The van der Waals surface area contributed by atoms with Crippen molar-refractivity contribution in [2.75, 3.05) is 18.4 Å². The standard InChI is InChI=1S/C22H22N2O3/c25-19-14-21(27-20-10-3-2-9-18(19)20)22(26)23-17-8-6-7-16(13-17)15-24-11-4-1-5-12-24/h2-3,6-10,13-14H,1,4-5,11-12,15H2,(H,23,26). The monoisotopic (exact) mass is 362 g/mol. The van der Waals surface area contributed by atoms with Crippen LogP contribution in [-0.2, 0) is 6.54 Å². The van der Waals surface area contributed by atoms with Crippen molar-refractivity contribution in [2.24, 2.45) is 0 Å². The Morgan fingerprint density at radius 1 is 1.00 bits per heavy atom. The molecule has 4 rings (SSSR count). The smallest absolute Gasteiger partial charge is 0.291 e.